The van der Waals surface area contributed by atoms with E-state index >= 15 is 0 Å². The molecular weight excluding hydrogens is 156 g/mol. The average Bonchev–Trinajstić information content (AvgIpc) is 2.48. The lowest BCUT2D eigenvalue weighted by molar-refractivity contribution is -0.149. The molecule has 0 spiro atoms. The average molecular weight is 172 g/mol. The standard InChI is InChI=1S/C9H16O3/c1-5-6-11-7(10)9(4)8(2,3)12-9/h5-6H2,1-4H3. The second kappa shape index (κ2) is 2.73. The third kappa shape index (κ3) is 1.33. The minimum atomic E-state index is -0.706. The number of rotatable bonds is 3. The molecule has 0 aromatic heterocycles. The highest BCUT2D eigenvalue weighted by Gasteiger charge is 2.66. The van der Waals surface area contributed by atoms with Gasteiger partial charge in [-0.3, -0.25) is 0 Å². The van der Waals surface area contributed by atoms with Crippen LogP contribution in [0, 0.1) is 0 Å². The molecule has 0 saturated carbocycles. The second-order valence-electron chi connectivity index (χ2n) is 3.78. The molecule has 1 aliphatic heterocycles. The van der Waals surface area contributed by atoms with E-state index in [1.807, 2.05) is 20.8 Å². The molecule has 3 nitrogen and oxygen atoms in total. The van der Waals surface area contributed by atoms with E-state index < -0.39 is 5.60 Å². The van der Waals surface area contributed by atoms with Crippen molar-refractivity contribution in [2.75, 3.05) is 6.61 Å². The topological polar surface area (TPSA) is 38.8 Å². The number of esters is 1. The van der Waals surface area contributed by atoms with Gasteiger partial charge in [-0.05, 0) is 27.2 Å². The van der Waals surface area contributed by atoms with Gasteiger partial charge in [-0.15, -0.1) is 0 Å². The van der Waals surface area contributed by atoms with Crippen LogP contribution in [0.4, 0.5) is 0 Å². The van der Waals surface area contributed by atoms with Crippen LogP contribution in [0.1, 0.15) is 34.1 Å². The van der Waals surface area contributed by atoms with E-state index in [4.69, 9.17) is 9.47 Å². The largest absolute Gasteiger partial charge is 0.463 e. The maximum atomic E-state index is 11.4. The lowest BCUT2D eigenvalue weighted by atomic mass is 9.99. The van der Waals surface area contributed by atoms with E-state index in [0.29, 0.717) is 6.61 Å². The van der Waals surface area contributed by atoms with Gasteiger partial charge in [-0.25, -0.2) is 4.79 Å². The first-order valence-corrected chi connectivity index (χ1v) is 4.31. The Labute approximate surface area is 73.0 Å². The van der Waals surface area contributed by atoms with E-state index in [1.54, 1.807) is 6.92 Å². The smallest absolute Gasteiger partial charge is 0.341 e. The third-order valence-corrected chi connectivity index (χ3v) is 2.39. The van der Waals surface area contributed by atoms with Gasteiger partial charge in [0.15, 0.2) is 5.60 Å². The maximum absolute atomic E-state index is 11.4. The Bertz CT molecular complexity index is 198. The first-order chi connectivity index (χ1) is 5.44. The van der Waals surface area contributed by atoms with Crippen LogP contribution in [-0.2, 0) is 14.3 Å². The molecule has 1 heterocycles. The van der Waals surface area contributed by atoms with Gasteiger partial charge in [0.1, 0.15) is 5.60 Å². The molecular formula is C9H16O3. The van der Waals surface area contributed by atoms with Gasteiger partial charge in [-0.1, -0.05) is 6.92 Å². The normalized spacial score (nSPS) is 31.3. The summed E-state index contributed by atoms with van der Waals surface area (Å²) in [7, 11) is 0. The van der Waals surface area contributed by atoms with Gasteiger partial charge in [0, 0.05) is 0 Å². The Hall–Kier alpha value is -0.570. The number of hydrogen-bond acceptors (Lipinski definition) is 3. The minimum absolute atomic E-state index is 0.241. The predicted octanol–water partition coefficient (Wildman–Crippen LogP) is 1.51. The maximum Gasteiger partial charge on any atom is 0.341 e. The highest BCUT2D eigenvalue weighted by Crippen LogP contribution is 2.47. The first-order valence-electron chi connectivity index (χ1n) is 4.31. The molecule has 0 aromatic carbocycles. The minimum Gasteiger partial charge on any atom is -0.463 e. The van der Waals surface area contributed by atoms with E-state index in [2.05, 4.69) is 0 Å². The van der Waals surface area contributed by atoms with Gasteiger partial charge in [0.05, 0.1) is 6.61 Å². The number of epoxide rings is 1. The van der Waals surface area contributed by atoms with Crippen LogP contribution in [0.3, 0.4) is 0 Å². The van der Waals surface area contributed by atoms with Crippen LogP contribution in [0.25, 0.3) is 0 Å². The third-order valence-electron chi connectivity index (χ3n) is 2.39. The van der Waals surface area contributed by atoms with Crippen LogP contribution in [0.2, 0.25) is 0 Å². The quantitative estimate of drug-likeness (QED) is 0.478. The fraction of sp³-hybridized carbons (Fsp3) is 0.889. The van der Waals surface area contributed by atoms with Crippen LogP contribution < -0.4 is 0 Å². The molecule has 0 radical (unpaired) electrons. The number of hydrogen-bond donors (Lipinski definition) is 0. The summed E-state index contributed by atoms with van der Waals surface area (Å²) in [4.78, 5) is 11.4. The Morgan fingerprint density at radius 1 is 1.42 bits per heavy atom. The summed E-state index contributed by atoms with van der Waals surface area (Å²) in [6, 6.07) is 0. The summed E-state index contributed by atoms with van der Waals surface area (Å²) in [5, 5.41) is 0. The van der Waals surface area contributed by atoms with Crippen molar-refractivity contribution in [3.05, 3.63) is 0 Å². The molecule has 0 N–H and O–H groups in total. The van der Waals surface area contributed by atoms with E-state index in [-0.39, 0.29) is 11.6 Å². The monoisotopic (exact) mass is 172 g/mol. The van der Waals surface area contributed by atoms with Crippen molar-refractivity contribution in [1.29, 1.82) is 0 Å². The Kier molecular flexibility index (Phi) is 2.17. The Morgan fingerprint density at radius 2 is 1.92 bits per heavy atom. The molecule has 1 unspecified atom stereocenters. The predicted molar refractivity (Wildman–Crippen MR) is 44.8 cm³/mol. The fourth-order valence-corrected chi connectivity index (χ4v) is 1.10. The van der Waals surface area contributed by atoms with Gasteiger partial charge >= 0.3 is 5.97 Å². The van der Waals surface area contributed by atoms with Crippen molar-refractivity contribution in [2.45, 2.75) is 45.3 Å². The zero-order valence-electron chi connectivity index (χ0n) is 8.14. The molecule has 0 amide bonds. The van der Waals surface area contributed by atoms with Gasteiger partial charge in [-0.2, -0.15) is 0 Å². The number of ether oxygens (including phenoxy) is 2. The summed E-state index contributed by atoms with van der Waals surface area (Å²) in [6.45, 7) is 7.99. The van der Waals surface area contributed by atoms with E-state index in [1.165, 1.54) is 0 Å². The summed E-state index contributed by atoms with van der Waals surface area (Å²) in [5.41, 5.74) is -1.06. The number of carbonyl (C=O) groups is 1. The van der Waals surface area contributed by atoms with E-state index in [9.17, 15) is 4.79 Å². The van der Waals surface area contributed by atoms with Crippen molar-refractivity contribution in [3.8, 4) is 0 Å². The van der Waals surface area contributed by atoms with Crippen LogP contribution in [-0.4, -0.2) is 23.8 Å². The molecule has 12 heavy (non-hydrogen) atoms. The van der Waals surface area contributed by atoms with Crippen molar-refractivity contribution >= 4 is 5.97 Å². The zero-order valence-corrected chi connectivity index (χ0v) is 8.14. The van der Waals surface area contributed by atoms with Crippen molar-refractivity contribution in [1.82, 2.24) is 0 Å². The highest BCUT2D eigenvalue weighted by atomic mass is 16.7. The number of carbonyl (C=O) groups excluding carboxylic acids is 1. The Balaban J connectivity index is 2.45. The summed E-state index contributed by atoms with van der Waals surface area (Å²) < 4.78 is 10.3. The molecule has 0 bridgehead atoms. The van der Waals surface area contributed by atoms with Crippen LogP contribution in [0.5, 0.6) is 0 Å². The summed E-state index contributed by atoms with van der Waals surface area (Å²) in [6.07, 6.45) is 0.849. The second-order valence-corrected chi connectivity index (χ2v) is 3.78. The fourth-order valence-electron chi connectivity index (χ4n) is 1.10. The molecule has 1 aliphatic rings. The van der Waals surface area contributed by atoms with Gasteiger partial charge < -0.3 is 9.47 Å². The molecule has 1 saturated heterocycles. The van der Waals surface area contributed by atoms with Crippen molar-refractivity contribution in [2.24, 2.45) is 0 Å². The van der Waals surface area contributed by atoms with Gasteiger partial charge in [0.2, 0.25) is 0 Å². The van der Waals surface area contributed by atoms with E-state index in [0.717, 1.165) is 6.42 Å². The molecule has 3 heteroatoms. The Morgan fingerprint density at radius 3 is 2.25 bits per heavy atom. The van der Waals surface area contributed by atoms with Crippen LogP contribution >= 0.6 is 0 Å². The molecule has 0 aliphatic carbocycles. The molecule has 1 fully saturated rings. The van der Waals surface area contributed by atoms with Crippen LogP contribution in [0.15, 0.2) is 0 Å². The first kappa shape index (κ1) is 9.52. The van der Waals surface area contributed by atoms with Crippen molar-refractivity contribution < 1.29 is 14.3 Å². The molecule has 1 rings (SSSR count). The summed E-state index contributed by atoms with van der Waals surface area (Å²) in [5.74, 6) is -0.241. The lowest BCUT2D eigenvalue weighted by Gasteiger charge is -2.07. The molecule has 0 aromatic rings. The highest BCUT2D eigenvalue weighted by molar-refractivity contribution is 5.84. The molecule has 1 atom stereocenters. The lowest BCUT2D eigenvalue weighted by Crippen LogP contribution is -2.29. The molecule has 70 valence electrons. The van der Waals surface area contributed by atoms with Gasteiger partial charge in [0.25, 0.3) is 0 Å². The SMILES string of the molecule is CCCOC(=O)C1(C)OC1(C)C. The zero-order chi connectivity index (χ0) is 9.41. The summed E-state index contributed by atoms with van der Waals surface area (Å²) >= 11 is 0. The van der Waals surface area contributed by atoms with Crippen molar-refractivity contribution in [3.63, 3.8) is 0 Å².